The first-order chi connectivity index (χ1) is 12.4. The van der Waals surface area contributed by atoms with Crippen LogP contribution in [0.2, 0.25) is 0 Å². The summed E-state index contributed by atoms with van der Waals surface area (Å²) in [4.78, 5) is 21.2. The predicted octanol–water partition coefficient (Wildman–Crippen LogP) is 2.27. The Morgan fingerprint density at radius 2 is 1.92 bits per heavy atom. The van der Waals surface area contributed by atoms with Gasteiger partial charge in [0.2, 0.25) is 0 Å². The fraction of sp³-hybridized carbons (Fsp3) is 0.278. The van der Waals surface area contributed by atoms with Gasteiger partial charge in [0.1, 0.15) is 11.6 Å². The van der Waals surface area contributed by atoms with E-state index in [1.54, 1.807) is 6.07 Å². The van der Waals surface area contributed by atoms with E-state index in [-0.39, 0.29) is 18.3 Å². The highest BCUT2D eigenvalue weighted by molar-refractivity contribution is 5.91. The molecule has 4 rings (SSSR count). The third-order valence-electron chi connectivity index (χ3n) is 5.05. The van der Waals surface area contributed by atoms with Crippen molar-refractivity contribution >= 4 is 12.0 Å². The van der Waals surface area contributed by atoms with Gasteiger partial charge >= 0.3 is 6.03 Å². The molecule has 2 aliphatic rings. The summed E-state index contributed by atoms with van der Waals surface area (Å²) >= 11 is 0. The van der Waals surface area contributed by atoms with Crippen LogP contribution in [-0.4, -0.2) is 28.4 Å². The first-order valence-electron chi connectivity index (χ1n) is 8.21. The summed E-state index contributed by atoms with van der Waals surface area (Å²) in [6.07, 6.45) is 4.10. The molecule has 0 bridgehead atoms. The summed E-state index contributed by atoms with van der Waals surface area (Å²) in [6.45, 7) is 0.455. The van der Waals surface area contributed by atoms with Gasteiger partial charge in [-0.3, -0.25) is 4.98 Å². The number of aromatic nitrogens is 1. The highest BCUT2D eigenvalue weighted by Crippen LogP contribution is 2.54. The number of fused-ring (bicyclic) bond motifs is 2. The number of hydrogen-bond donors (Lipinski definition) is 2. The third kappa shape index (κ3) is 2.58. The van der Waals surface area contributed by atoms with Crippen molar-refractivity contribution in [3.8, 4) is 11.1 Å². The highest BCUT2D eigenvalue weighted by atomic mass is 19.1. The van der Waals surface area contributed by atoms with E-state index in [9.17, 15) is 13.6 Å². The molecule has 1 aromatic heterocycles. The summed E-state index contributed by atoms with van der Waals surface area (Å²) in [7, 11) is 0. The summed E-state index contributed by atoms with van der Waals surface area (Å²) in [6, 6.07) is 3.87. The molecule has 0 saturated heterocycles. The molecular weight excluding hydrogens is 340 g/mol. The third-order valence-corrected chi connectivity index (χ3v) is 5.05. The fourth-order valence-corrected chi connectivity index (χ4v) is 3.77. The van der Waals surface area contributed by atoms with E-state index in [0.717, 1.165) is 19.0 Å². The summed E-state index contributed by atoms with van der Waals surface area (Å²) in [5.41, 5.74) is 12.2. The molecule has 1 spiro atoms. The zero-order chi connectivity index (χ0) is 18.5. The Hall–Kier alpha value is -3.03. The monoisotopic (exact) mass is 357 g/mol. The molecule has 2 aromatic rings. The van der Waals surface area contributed by atoms with E-state index in [4.69, 9.17) is 11.5 Å². The second-order valence-corrected chi connectivity index (χ2v) is 6.76. The molecule has 8 heteroatoms. The van der Waals surface area contributed by atoms with Crippen molar-refractivity contribution in [1.29, 1.82) is 0 Å². The maximum atomic E-state index is 14.7. The van der Waals surface area contributed by atoms with Crippen LogP contribution in [0, 0.1) is 11.6 Å². The minimum atomic E-state index is -0.577. The second-order valence-electron chi connectivity index (χ2n) is 6.76. The number of guanidine groups is 1. The van der Waals surface area contributed by atoms with Gasteiger partial charge in [0.05, 0.1) is 6.20 Å². The number of halogens is 2. The van der Waals surface area contributed by atoms with Crippen LogP contribution in [0.3, 0.4) is 0 Å². The van der Waals surface area contributed by atoms with Crippen molar-refractivity contribution in [3.63, 3.8) is 0 Å². The van der Waals surface area contributed by atoms with Gasteiger partial charge in [-0.1, -0.05) is 6.07 Å². The first kappa shape index (κ1) is 16.4. The van der Waals surface area contributed by atoms with Gasteiger partial charge in [0, 0.05) is 35.8 Å². The molecule has 26 heavy (non-hydrogen) atoms. The van der Waals surface area contributed by atoms with Crippen LogP contribution < -0.4 is 11.5 Å². The highest BCUT2D eigenvalue weighted by Gasteiger charge is 2.52. The van der Waals surface area contributed by atoms with Gasteiger partial charge < -0.3 is 16.4 Å². The number of aliphatic imine (C=N–C) groups is 1. The fourth-order valence-electron chi connectivity index (χ4n) is 3.77. The second kappa shape index (κ2) is 5.76. The molecule has 134 valence electrons. The first-order valence-corrected chi connectivity index (χ1v) is 8.21. The normalized spacial score (nSPS) is 16.9. The summed E-state index contributed by atoms with van der Waals surface area (Å²) in [5, 5.41) is 0. The van der Waals surface area contributed by atoms with Gasteiger partial charge in [0.15, 0.2) is 5.96 Å². The van der Waals surface area contributed by atoms with Crippen LogP contribution in [-0.2, 0) is 12.0 Å². The van der Waals surface area contributed by atoms with Crippen LogP contribution in [0.15, 0.2) is 35.6 Å². The van der Waals surface area contributed by atoms with Crippen LogP contribution >= 0.6 is 0 Å². The number of amides is 2. The lowest BCUT2D eigenvalue weighted by Gasteiger charge is -2.35. The van der Waals surface area contributed by atoms with Crippen molar-refractivity contribution in [2.75, 3.05) is 6.54 Å². The molecule has 1 saturated carbocycles. The average molecular weight is 357 g/mol. The molecule has 0 atom stereocenters. The average Bonchev–Trinajstić information content (AvgIpc) is 3.34. The summed E-state index contributed by atoms with van der Waals surface area (Å²) < 4.78 is 29.0. The molecule has 1 fully saturated rings. The van der Waals surface area contributed by atoms with E-state index in [1.165, 1.54) is 23.2 Å². The van der Waals surface area contributed by atoms with E-state index in [2.05, 4.69) is 9.98 Å². The van der Waals surface area contributed by atoms with E-state index in [0.29, 0.717) is 28.8 Å². The van der Waals surface area contributed by atoms with Gasteiger partial charge in [-0.15, -0.1) is 0 Å². The molecule has 1 aliphatic carbocycles. The topological polar surface area (TPSA) is 97.6 Å². The van der Waals surface area contributed by atoms with E-state index in [1.807, 2.05) is 0 Å². The predicted molar refractivity (Wildman–Crippen MR) is 92.1 cm³/mol. The van der Waals surface area contributed by atoms with Crippen molar-refractivity contribution in [1.82, 2.24) is 9.88 Å². The molecule has 2 heterocycles. The minimum Gasteiger partial charge on any atom is -0.370 e. The lowest BCUT2D eigenvalue weighted by Crippen LogP contribution is -2.42. The molecule has 0 radical (unpaired) electrons. The zero-order valence-electron chi connectivity index (χ0n) is 13.9. The molecule has 1 aliphatic heterocycles. The van der Waals surface area contributed by atoms with Gasteiger partial charge in [0.25, 0.3) is 0 Å². The maximum Gasteiger partial charge on any atom is 0.347 e. The molecule has 4 N–H and O–H groups in total. The SMILES string of the molecule is NC(N)=NC(=O)N1Cc2c(-c3ccncc3F)ccc(F)c2C2(CC2)C1. The van der Waals surface area contributed by atoms with E-state index < -0.39 is 17.3 Å². The smallest absolute Gasteiger partial charge is 0.347 e. The number of urea groups is 1. The van der Waals surface area contributed by atoms with Crippen molar-refractivity contribution < 1.29 is 13.6 Å². The Balaban J connectivity index is 1.87. The molecule has 2 amide bonds. The largest absolute Gasteiger partial charge is 0.370 e. The molecular formula is C18H17F2N5O. The van der Waals surface area contributed by atoms with Gasteiger partial charge in [-0.05, 0) is 36.1 Å². The number of carbonyl (C=O) groups is 1. The number of carbonyl (C=O) groups excluding carboxylic acids is 1. The van der Waals surface area contributed by atoms with Crippen LogP contribution in [0.5, 0.6) is 0 Å². The van der Waals surface area contributed by atoms with Gasteiger partial charge in [-0.25, -0.2) is 13.6 Å². The quantitative estimate of drug-likeness (QED) is 0.604. The lowest BCUT2D eigenvalue weighted by atomic mass is 9.82. The Kier molecular flexibility index (Phi) is 3.64. The van der Waals surface area contributed by atoms with Crippen LogP contribution in [0.1, 0.15) is 24.0 Å². The molecule has 6 nitrogen and oxygen atoms in total. The van der Waals surface area contributed by atoms with Crippen molar-refractivity contribution in [2.45, 2.75) is 24.8 Å². The number of nitrogens with zero attached hydrogens (tertiary/aromatic N) is 3. The number of hydrogen-bond acceptors (Lipinski definition) is 2. The summed E-state index contributed by atoms with van der Waals surface area (Å²) in [5.74, 6) is -1.16. The van der Waals surface area contributed by atoms with Crippen LogP contribution in [0.4, 0.5) is 13.6 Å². The molecule has 0 unspecified atom stereocenters. The number of nitrogens with two attached hydrogens (primary N) is 2. The Labute approximate surface area is 148 Å². The van der Waals surface area contributed by atoms with Crippen molar-refractivity contribution in [3.05, 3.63) is 53.4 Å². The van der Waals surface area contributed by atoms with E-state index >= 15 is 0 Å². The Morgan fingerprint density at radius 3 is 2.58 bits per heavy atom. The number of benzene rings is 1. The Bertz CT molecular complexity index is 935. The maximum absolute atomic E-state index is 14.7. The molecule has 1 aromatic carbocycles. The standard InChI is InChI=1S/C18H17F2N5O/c19-13-2-1-10(11-3-6-23-7-14(11)20)12-8-25(17(26)24-16(21)22)9-18(4-5-18)15(12)13/h1-3,6-7H,4-5,8-9H2,(H4,21,22,24,26). The number of pyridine rings is 1. The zero-order valence-corrected chi connectivity index (χ0v) is 13.9. The van der Waals surface area contributed by atoms with Gasteiger partial charge in [-0.2, -0.15) is 4.99 Å². The van der Waals surface area contributed by atoms with Crippen molar-refractivity contribution in [2.24, 2.45) is 16.5 Å². The van der Waals surface area contributed by atoms with Crippen LogP contribution in [0.25, 0.3) is 11.1 Å². The Morgan fingerprint density at radius 1 is 1.15 bits per heavy atom. The minimum absolute atomic E-state index is 0.113. The number of rotatable bonds is 1. The lowest BCUT2D eigenvalue weighted by molar-refractivity contribution is 0.192.